The minimum atomic E-state index is -0.882. The van der Waals surface area contributed by atoms with Gasteiger partial charge in [0.15, 0.2) is 6.10 Å². The number of esters is 1. The van der Waals surface area contributed by atoms with Crippen LogP contribution in [0.25, 0.3) is 0 Å². The first-order valence-electron chi connectivity index (χ1n) is 10.5. The second-order valence-corrected chi connectivity index (χ2v) is 8.06. The number of hydrogen-bond acceptors (Lipinski definition) is 5. The Balaban J connectivity index is 1.43. The summed E-state index contributed by atoms with van der Waals surface area (Å²) < 4.78 is 5.22. The Hall–Kier alpha value is -2.18. The molecule has 0 aromatic rings. The molecule has 0 spiro atoms. The van der Waals surface area contributed by atoms with E-state index >= 15 is 0 Å². The fraction of sp³-hybridized carbons (Fsp3) is 0.714. The predicted octanol–water partition coefficient (Wildman–Crippen LogP) is 2.10. The van der Waals surface area contributed by atoms with Crippen LogP contribution < -0.4 is 5.32 Å². The van der Waals surface area contributed by atoms with Crippen LogP contribution in [0.5, 0.6) is 0 Å². The molecule has 1 N–H and O–H groups in total. The zero-order valence-corrected chi connectivity index (χ0v) is 16.5. The van der Waals surface area contributed by atoms with E-state index in [1.54, 1.807) is 6.92 Å². The van der Waals surface area contributed by atoms with Gasteiger partial charge >= 0.3 is 5.97 Å². The van der Waals surface area contributed by atoms with Gasteiger partial charge in [-0.15, -0.1) is 0 Å². The Morgan fingerprint density at radius 1 is 1.07 bits per heavy atom. The number of nitrogens with zero attached hydrogens (tertiary/aromatic N) is 1. The van der Waals surface area contributed by atoms with Gasteiger partial charge in [-0.3, -0.25) is 24.1 Å². The van der Waals surface area contributed by atoms with E-state index in [0.717, 1.165) is 25.7 Å². The average molecular weight is 390 g/mol. The fourth-order valence-electron chi connectivity index (χ4n) is 4.34. The number of ether oxygens (including phenoxy) is 1. The number of carbonyl (C=O) groups is 4. The number of allylic oxidation sites excluding steroid dienone is 2. The number of rotatable bonds is 6. The maximum atomic E-state index is 12.4. The number of nitrogens with one attached hydrogen (secondary N) is 1. The van der Waals surface area contributed by atoms with E-state index in [2.05, 4.69) is 5.32 Å². The first-order chi connectivity index (χ1) is 13.5. The summed E-state index contributed by atoms with van der Waals surface area (Å²) in [4.78, 5) is 50.4. The third-order valence-corrected chi connectivity index (χ3v) is 6.02. The predicted molar refractivity (Wildman–Crippen MR) is 102 cm³/mol. The van der Waals surface area contributed by atoms with Crippen LogP contribution in [0.2, 0.25) is 0 Å². The van der Waals surface area contributed by atoms with Crippen LogP contribution in [-0.2, 0) is 23.9 Å². The first kappa shape index (κ1) is 20.6. The van der Waals surface area contributed by atoms with E-state index < -0.39 is 12.1 Å². The summed E-state index contributed by atoms with van der Waals surface area (Å²) in [6.45, 7) is 1.57. The van der Waals surface area contributed by atoms with Gasteiger partial charge in [-0.25, -0.2) is 0 Å². The highest BCUT2D eigenvalue weighted by atomic mass is 16.5. The van der Waals surface area contributed by atoms with Gasteiger partial charge in [0.2, 0.25) is 11.8 Å². The summed E-state index contributed by atoms with van der Waals surface area (Å²) in [7, 11) is 0. The van der Waals surface area contributed by atoms with Gasteiger partial charge in [-0.2, -0.15) is 0 Å². The fourth-order valence-corrected chi connectivity index (χ4v) is 4.34. The largest absolute Gasteiger partial charge is 0.452 e. The molecule has 2 aliphatic carbocycles. The number of likely N-dealkylation sites (tertiary alicyclic amines) is 1. The normalized spacial score (nSPS) is 26.5. The van der Waals surface area contributed by atoms with E-state index in [1.165, 1.54) is 17.7 Å². The van der Waals surface area contributed by atoms with Crippen molar-refractivity contribution < 1.29 is 23.9 Å². The summed E-state index contributed by atoms with van der Waals surface area (Å²) in [6, 6.07) is 0.146. The lowest BCUT2D eigenvalue weighted by Gasteiger charge is -2.20. The van der Waals surface area contributed by atoms with Crippen LogP contribution in [0.4, 0.5) is 0 Å². The Morgan fingerprint density at radius 2 is 1.64 bits per heavy atom. The van der Waals surface area contributed by atoms with Crippen molar-refractivity contribution in [3.8, 4) is 0 Å². The maximum absolute atomic E-state index is 12.4. The Morgan fingerprint density at radius 3 is 2.21 bits per heavy atom. The molecule has 0 aromatic heterocycles. The molecule has 3 aliphatic rings. The maximum Gasteiger partial charge on any atom is 0.308 e. The molecule has 7 heteroatoms. The van der Waals surface area contributed by atoms with Crippen molar-refractivity contribution in [1.82, 2.24) is 10.2 Å². The van der Waals surface area contributed by atoms with Crippen molar-refractivity contribution in [2.24, 2.45) is 11.8 Å². The highest BCUT2D eigenvalue weighted by Crippen LogP contribution is 2.35. The molecule has 3 rings (SSSR count). The Bertz CT molecular complexity index is 625. The van der Waals surface area contributed by atoms with Crippen molar-refractivity contribution >= 4 is 23.7 Å². The highest BCUT2D eigenvalue weighted by Gasteiger charge is 2.47. The molecular weight excluding hydrogens is 360 g/mol. The lowest BCUT2D eigenvalue weighted by Crippen LogP contribution is -2.42. The van der Waals surface area contributed by atoms with Gasteiger partial charge in [-0.1, -0.05) is 37.8 Å². The van der Waals surface area contributed by atoms with Crippen molar-refractivity contribution in [2.75, 3.05) is 6.54 Å². The van der Waals surface area contributed by atoms with Gasteiger partial charge in [0.05, 0.1) is 18.3 Å². The minimum Gasteiger partial charge on any atom is -0.452 e. The zero-order valence-electron chi connectivity index (χ0n) is 16.5. The van der Waals surface area contributed by atoms with Crippen molar-refractivity contribution in [3.05, 3.63) is 12.2 Å². The van der Waals surface area contributed by atoms with Gasteiger partial charge in [0, 0.05) is 12.6 Å². The van der Waals surface area contributed by atoms with Gasteiger partial charge in [0.1, 0.15) is 0 Å². The first-order valence-corrected chi connectivity index (χ1v) is 10.5. The molecule has 0 aromatic carbocycles. The molecule has 1 saturated heterocycles. The molecular formula is C21H30N2O5. The van der Waals surface area contributed by atoms with E-state index in [0.29, 0.717) is 12.8 Å². The summed E-state index contributed by atoms with van der Waals surface area (Å²) in [6.07, 6.45) is 10.6. The second kappa shape index (κ2) is 9.34. The molecule has 0 radical (unpaired) electrons. The van der Waals surface area contributed by atoms with Gasteiger partial charge in [0.25, 0.3) is 5.91 Å². The van der Waals surface area contributed by atoms with Crippen molar-refractivity contribution in [2.45, 2.75) is 76.9 Å². The lowest BCUT2D eigenvalue weighted by atomic mass is 9.85. The topological polar surface area (TPSA) is 92.8 Å². The van der Waals surface area contributed by atoms with Crippen molar-refractivity contribution in [1.29, 1.82) is 0 Å². The summed E-state index contributed by atoms with van der Waals surface area (Å²) in [5.74, 6) is -1.85. The standard InChI is InChI=1S/C21H30N2O5/c1-14(19(25)22-15-8-4-2-3-5-9-15)28-18(24)12-13-23-20(26)16-10-6-7-11-17(16)21(23)27/h6-7,14-17H,2-5,8-13H2,1H3,(H,22,25)/t14-,16+,17+/m1/s1. The van der Waals surface area contributed by atoms with Gasteiger partial charge < -0.3 is 10.1 Å². The van der Waals surface area contributed by atoms with Crippen LogP contribution in [0.3, 0.4) is 0 Å². The zero-order chi connectivity index (χ0) is 20.1. The van der Waals surface area contributed by atoms with E-state index in [9.17, 15) is 19.2 Å². The minimum absolute atomic E-state index is 0.0143. The number of carbonyl (C=O) groups excluding carboxylic acids is 4. The summed E-state index contributed by atoms with van der Waals surface area (Å²) >= 11 is 0. The summed E-state index contributed by atoms with van der Waals surface area (Å²) in [5.41, 5.74) is 0. The average Bonchev–Trinajstić information content (AvgIpc) is 2.85. The quantitative estimate of drug-likeness (QED) is 0.324. The highest BCUT2D eigenvalue weighted by molar-refractivity contribution is 6.05. The van der Waals surface area contributed by atoms with Crippen LogP contribution in [-0.4, -0.2) is 47.3 Å². The number of fused-ring (bicyclic) bond motifs is 1. The smallest absolute Gasteiger partial charge is 0.308 e. The van der Waals surface area contributed by atoms with E-state index in [4.69, 9.17) is 4.74 Å². The Labute approximate surface area is 165 Å². The molecule has 3 amide bonds. The van der Waals surface area contributed by atoms with Crippen molar-refractivity contribution in [3.63, 3.8) is 0 Å². The molecule has 154 valence electrons. The number of hydrogen-bond donors (Lipinski definition) is 1. The number of imide groups is 1. The molecule has 7 nitrogen and oxygen atoms in total. The Kier molecular flexibility index (Phi) is 6.86. The molecule has 1 saturated carbocycles. The third-order valence-electron chi connectivity index (χ3n) is 6.02. The van der Waals surface area contributed by atoms with Crippen LogP contribution in [0.1, 0.15) is 64.7 Å². The molecule has 1 aliphatic heterocycles. The SMILES string of the molecule is C[C@@H](OC(=O)CCN1C(=O)[C@H]2CC=CC[C@@H]2C1=O)C(=O)NC1CCCCCC1. The second-order valence-electron chi connectivity index (χ2n) is 8.06. The van der Waals surface area contributed by atoms with Gasteiger partial charge in [-0.05, 0) is 32.6 Å². The molecule has 3 atom stereocenters. The monoisotopic (exact) mass is 390 g/mol. The van der Waals surface area contributed by atoms with Crippen LogP contribution >= 0.6 is 0 Å². The van der Waals surface area contributed by atoms with Crippen LogP contribution in [0.15, 0.2) is 12.2 Å². The van der Waals surface area contributed by atoms with E-state index in [1.807, 2.05) is 12.2 Å². The summed E-state index contributed by atoms with van der Waals surface area (Å²) in [5, 5.41) is 2.97. The van der Waals surface area contributed by atoms with E-state index in [-0.39, 0.29) is 48.6 Å². The van der Waals surface area contributed by atoms with Crippen LogP contribution in [0, 0.1) is 11.8 Å². The third kappa shape index (κ3) is 4.80. The number of amides is 3. The lowest BCUT2D eigenvalue weighted by molar-refractivity contribution is -0.156. The molecule has 28 heavy (non-hydrogen) atoms. The molecule has 0 unspecified atom stereocenters. The molecule has 1 heterocycles. The molecule has 0 bridgehead atoms. The molecule has 2 fully saturated rings.